The molecule has 0 atom stereocenters. The fraction of sp³-hybridized carbons (Fsp3) is 0.440. The van der Waals surface area contributed by atoms with E-state index in [1.165, 1.54) is 38.5 Å². The van der Waals surface area contributed by atoms with Crippen molar-refractivity contribution in [2.45, 2.75) is 65.2 Å². The van der Waals surface area contributed by atoms with E-state index in [9.17, 15) is 9.59 Å². The SMILES string of the molecule is CCCCCCCCCCOC(=O)c1ccccc1C(=O)Oc1cccc(C)c1. The van der Waals surface area contributed by atoms with E-state index in [4.69, 9.17) is 9.47 Å². The summed E-state index contributed by atoms with van der Waals surface area (Å²) in [7, 11) is 0. The molecule has 156 valence electrons. The molecule has 4 heteroatoms. The van der Waals surface area contributed by atoms with Gasteiger partial charge in [-0.2, -0.15) is 0 Å². The predicted molar refractivity (Wildman–Crippen MR) is 115 cm³/mol. The normalized spacial score (nSPS) is 10.6. The van der Waals surface area contributed by atoms with Crippen LogP contribution < -0.4 is 4.74 Å². The molecule has 2 rings (SSSR count). The van der Waals surface area contributed by atoms with Crippen LogP contribution in [-0.4, -0.2) is 18.5 Å². The lowest BCUT2D eigenvalue weighted by Crippen LogP contribution is -2.16. The first-order valence-corrected chi connectivity index (χ1v) is 10.7. The largest absolute Gasteiger partial charge is 0.462 e. The Balaban J connectivity index is 1.81. The molecule has 2 aromatic rings. The van der Waals surface area contributed by atoms with Gasteiger partial charge in [0.15, 0.2) is 0 Å². The number of carbonyl (C=O) groups excluding carboxylic acids is 2. The number of carbonyl (C=O) groups is 2. The molecule has 0 unspecified atom stereocenters. The molecule has 0 aromatic heterocycles. The Kier molecular flexibility index (Phi) is 9.98. The Morgan fingerprint density at radius 3 is 2.03 bits per heavy atom. The fourth-order valence-electron chi connectivity index (χ4n) is 3.16. The Bertz CT molecular complexity index is 782. The molecule has 0 amide bonds. The molecule has 0 N–H and O–H groups in total. The summed E-state index contributed by atoms with van der Waals surface area (Å²) < 4.78 is 10.8. The van der Waals surface area contributed by atoms with E-state index in [0.29, 0.717) is 12.4 Å². The van der Waals surface area contributed by atoms with Crippen LogP contribution in [0.2, 0.25) is 0 Å². The van der Waals surface area contributed by atoms with Gasteiger partial charge in [-0.05, 0) is 43.2 Å². The van der Waals surface area contributed by atoms with Gasteiger partial charge >= 0.3 is 11.9 Å². The molecule has 2 aromatic carbocycles. The summed E-state index contributed by atoms with van der Waals surface area (Å²) in [6, 6.07) is 13.9. The van der Waals surface area contributed by atoms with Crippen LogP contribution in [0, 0.1) is 6.92 Å². The standard InChI is InChI=1S/C25H32O4/c1-3-4-5-6-7-8-9-12-18-28-24(26)22-16-10-11-17-23(22)25(27)29-21-15-13-14-20(2)19-21/h10-11,13-17,19H,3-9,12,18H2,1-2H3. The number of rotatable bonds is 12. The van der Waals surface area contributed by atoms with Crippen molar-refractivity contribution in [1.29, 1.82) is 0 Å². The summed E-state index contributed by atoms with van der Waals surface area (Å²) in [6.45, 7) is 4.51. The van der Waals surface area contributed by atoms with Gasteiger partial charge in [0.25, 0.3) is 0 Å². The second-order valence-electron chi connectivity index (χ2n) is 7.36. The maximum absolute atomic E-state index is 12.5. The molecule has 0 fully saturated rings. The van der Waals surface area contributed by atoms with Gasteiger partial charge < -0.3 is 9.47 Å². The third kappa shape index (κ3) is 8.10. The quantitative estimate of drug-likeness (QED) is 0.233. The monoisotopic (exact) mass is 396 g/mol. The second kappa shape index (κ2) is 12.8. The first-order valence-electron chi connectivity index (χ1n) is 10.7. The lowest BCUT2D eigenvalue weighted by molar-refractivity contribution is 0.0489. The minimum Gasteiger partial charge on any atom is -0.462 e. The highest BCUT2D eigenvalue weighted by Gasteiger charge is 2.19. The lowest BCUT2D eigenvalue weighted by atomic mass is 10.1. The lowest BCUT2D eigenvalue weighted by Gasteiger charge is -2.10. The third-order valence-electron chi connectivity index (χ3n) is 4.80. The average molecular weight is 397 g/mol. The summed E-state index contributed by atoms with van der Waals surface area (Å²) in [5.74, 6) is -0.586. The van der Waals surface area contributed by atoms with Crippen LogP contribution in [0.4, 0.5) is 0 Å². The molecule has 0 radical (unpaired) electrons. The number of hydrogen-bond donors (Lipinski definition) is 0. The summed E-state index contributed by atoms with van der Waals surface area (Å²) in [5, 5.41) is 0. The van der Waals surface area contributed by atoms with Crippen molar-refractivity contribution in [3.8, 4) is 5.75 Å². The van der Waals surface area contributed by atoms with Crippen molar-refractivity contribution >= 4 is 11.9 Å². The number of hydrogen-bond acceptors (Lipinski definition) is 4. The second-order valence-corrected chi connectivity index (χ2v) is 7.36. The van der Waals surface area contributed by atoms with Gasteiger partial charge in [0.05, 0.1) is 17.7 Å². The fourth-order valence-corrected chi connectivity index (χ4v) is 3.16. The number of ether oxygens (including phenoxy) is 2. The topological polar surface area (TPSA) is 52.6 Å². The van der Waals surface area contributed by atoms with Gasteiger partial charge in [0.2, 0.25) is 0 Å². The van der Waals surface area contributed by atoms with Crippen LogP contribution in [0.25, 0.3) is 0 Å². The van der Waals surface area contributed by atoms with Crippen LogP contribution in [0.5, 0.6) is 5.75 Å². The minimum absolute atomic E-state index is 0.218. The molecule has 0 saturated heterocycles. The van der Waals surface area contributed by atoms with E-state index in [2.05, 4.69) is 6.92 Å². The van der Waals surface area contributed by atoms with E-state index in [1.807, 2.05) is 19.1 Å². The molecular weight excluding hydrogens is 364 g/mol. The molecule has 0 aliphatic carbocycles. The molecule has 0 aliphatic rings. The zero-order chi connectivity index (χ0) is 20.9. The number of benzene rings is 2. The Hall–Kier alpha value is -2.62. The van der Waals surface area contributed by atoms with Crippen molar-refractivity contribution in [2.75, 3.05) is 6.61 Å². The maximum atomic E-state index is 12.5. The summed E-state index contributed by atoms with van der Waals surface area (Å²) in [4.78, 5) is 25.0. The van der Waals surface area contributed by atoms with Gasteiger partial charge in [-0.3, -0.25) is 0 Å². The minimum atomic E-state index is -0.560. The average Bonchev–Trinajstić information content (AvgIpc) is 2.72. The molecule has 0 spiro atoms. The number of esters is 2. The highest BCUT2D eigenvalue weighted by molar-refractivity contribution is 6.03. The van der Waals surface area contributed by atoms with Crippen LogP contribution in [0.3, 0.4) is 0 Å². The van der Waals surface area contributed by atoms with Gasteiger partial charge in [-0.25, -0.2) is 9.59 Å². The zero-order valence-corrected chi connectivity index (χ0v) is 17.6. The molecule has 0 heterocycles. The van der Waals surface area contributed by atoms with Crippen molar-refractivity contribution in [2.24, 2.45) is 0 Å². The highest BCUT2D eigenvalue weighted by Crippen LogP contribution is 2.17. The molecule has 29 heavy (non-hydrogen) atoms. The highest BCUT2D eigenvalue weighted by atomic mass is 16.5. The van der Waals surface area contributed by atoms with Crippen molar-refractivity contribution in [3.05, 3.63) is 65.2 Å². The van der Waals surface area contributed by atoms with Crippen molar-refractivity contribution in [3.63, 3.8) is 0 Å². The summed E-state index contributed by atoms with van der Waals surface area (Å²) in [6.07, 6.45) is 9.46. The van der Waals surface area contributed by atoms with Gasteiger partial charge in [0.1, 0.15) is 5.75 Å². The van der Waals surface area contributed by atoms with E-state index < -0.39 is 11.9 Å². The Morgan fingerprint density at radius 1 is 0.759 bits per heavy atom. The maximum Gasteiger partial charge on any atom is 0.344 e. The molecular formula is C25H32O4. The molecule has 4 nitrogen and oxygen atoms in total. The van der Waals surface area contributed by atoms with Crippen LogP contribution in [0.1, 0.15) is 84.6 Å². The van der Waals surface area contributed by atoms with E-state index >= 15 is 0 Å². The first-order chi connectivity index (χ1) is 14.1. The number of unbranched alkanes of at least 4 members (excludes halogenated alkanes) is 7. The molecule has 0 aliphatic heterocycles. The third-order valence-corrected chi connectivity index (χ3v) is 4.80. The zero-order valence-electron chi connectivity index (χ0n) is 17.6. The van der Waals surface area contributed by atoms with Crippen molar-refractivity contribution in [1.82, 2.24) is 0 Å². The van der Waals surface area contributed by atoms with Crippen molar-refractivity contribution < 1.29 is 19.1 Å². The Labute approximate surface area is 174 Å². The van der Waals surface area contributed by atoms with Gasteiger partial charge in [-0.1, -0.05) is 76.1 Å². The predicted octanol–water partition coefficient (Wildman–Crippen LogP) is 6.51. The van der Waals surface area contributed by atoms with E-state index in [1.54, 1.807) is 36.4 Å². The van der Waals surface area contributed by atoms with E-state index in [-0.39, 0.29) is 11.1 Å². The smallest absolute Gasteiger partial charge is 0.344 e. The van der Waals surface area contributed by atoms with Crippen LogP contribution >= 0.6 is 0 Å². The molecule has 0 saturated carbocycles. The summed E-state index contributed by atoms with van der Waals surface area (Å²) >= 11 is 0. The van der Waals surface area contributed by atoms with Gasteiger partial charge in [0, 0.05) is 0 Å². The van der Waals surface area contributed by atoms with E-state index in [0.717, 1.165) is 18.4 Å². The summed E-state index contributed by atoms with van der Waals surface area (Å²) in [5.41, 5.74) is 1.45. The first kappa shape index (κ1) is 22.7. The van der Waals surface area contributed by atoms with Crippen LogP contribution in [-0.2, 0) is 4.74 Å². The van der Waals surface area contributed by atoms with Crippen LogP contribution in [0.15, 0.2) is 48.5 Å². The Morgan fingerprint density at radius 2 is 1.38 bits per heavy atom. The molecule has 0 bridgehead atoms. The van der Waals surface area contributed by atoms with Gasteiger partial charge in [-0.15, -0.1) is 0 Å². The number of aryl methyl sites for hydroxylation is 1.